The van der Waals surface area contributed by atoms with Gasteiger partial charge in [-0.2, -0.15) is 0 Å². The number of ether oxygens (including phenoxy) is 1. The van der Waals surface area contributed by atoms with Gasteiger partial charge >= 0.3 is 5.97 Å². The van der Waals surface area contributed by atoms with E-state index in [4.69, 9.17) is 0 Å². The maximum absolute atomic E-state index is 11.3. The Kier molecular flexibility index (Phi) is 3.23. The molecule has 0 amide bonds. The predicted molar refractivity (Wildman–Crippen MR) is 64.6 cm³/mol. The van der Waals surface area contributed by atoms with Gasteiger partial charge in [0.1, 0.15) is 5.04 Å². The number of methoxy groups -OCH3 is 1. The smallest absolute Gasteiger partial charge is 0.331 e. The maximum atomic E-state index is 11.3. The first-order valence-corrected chi connectivity index (χ1v) is 5.91. The Labute approximate surface area is 102 Å². The van der Waals surface area contributed by atoms with E-state index in [1.807, 2.05) is 0 Å². The van der Waals surface area contributed by atoms with E-state index in [-0.39, 0.29) is 11.5 Å². The molecular formula is C11H11NO4S. The summed E-state index contributed by atoms with van der Waals surface area (Å²) in [6.07, 6.45) is 0. The molecule has 2 rings (SSSR count). The molecule has 0 fully saturated rings. The zero-order chi connectivity index (χ0) is 12.4. The predicted octanol–water partition coefficient (Wildman–Crippen LogP) is 1.13. The van der Waals surface area contributed by atoms with Crippen molar-refractivity contribution in [2.45, 2.75) is 6.04 Å². The number of para-hydroxylation sites is 1. The molecule has 1 atom stereocenters. The molecule has 17 heavy (non-hydrogen) atoms. The molecular weight excluding hydrogens is 242 g/mol. The Morgan fingerprint density at radius 1 is 1.53 bits per heavy atom. The summed E-state index contributed by atoms with van der Waals surface area (Å²) in [5, 5.41) is 19.6. The Morgan fingerprint density at radius 3 is 3.00 bits per heavy atom. The molecule has 0 saturated carbocycles. The first-order chi connectivity index (χ1) is 8.13. The summed E-state index contributed by atoms with van der Waals surface area (Å²) in [5.74, 6) is -0.333. The third-order valence-electron chi connectivity index (χ3n) is 2.37. The zero-order valence-electron chi connectivity index (χ0n) is 9.08. The van der Waals surface area contributed by atoms with Crippen molar-refractivity contribution in [3.63, 3.8) is 0 Å². The third-order valence-corrected chi connectivity index (χ3v) is 3.45. The van der Waals surface area contributed by atoms with E-state index in [1.165, 1.54) is 24.9 Å². The number of rotatable bonds is 2. The van der Waals surface area contributed by atoms with Crippen LogP contribution in [0.5, 0.6) is 11.5 Å². The highest BCUT2D eigenvalue weighted by atomic mass is 32.2. The summed E-state index contributed by atoms with van der Waals surface area (Å²) in [4.78, 5) is 15.5. The number of nitrogens with zero attached hydrogens (tertiary/aromatic N) is 1. The van der Waals surface area contributed by atoms with Crippen molar-refractivity contribution < 1.29 is 19.7 Å². The number of benzene rings is 1. The first kappa shape index (κ1) is 11.8. The van der Waals surface area contributed by atoms with E-state index in [2.05, 4.69) is 9.73 Å². The molecule has 0 radical (unpaired) electrons. The summed E-state index contributed by atoms with van der Waals surface area (Å²) in [6, 6.07) is 4.10. The van der Waals surface area contributed by atoms with Crippen LogP contribution < -0.4 is 0 Å². The summed E-state index contributed by atoms with van der Waals surface area (Å²) >= 11 is 1.35. The van der Waals surface area contributed by atoms with Crippen LogP contribution in [0, 0.1) is 0 Å². The second-order valence-electron chi connectivity index (χ2n) is 3.46. The number of esters is 1. The lowest BCUT2D eigenvalue weighted by Crippen LogP contribution is -2.19. The monoisotopic (exact) mass is 253 g/mol. The fourth-order valence-corrected chi connectivity index (χ4v) is 2.53. The average Bonchev–Trinajstić information content (AvgIpc) is 2.81. The number of aromatic hydroxyl groups is 2. The van der Waals surface area contributed by atoms with Crippen molar-refractivity contribution in [2.75, 3.05) is 12.9 Å². The lowest BCUT2D eigenvalue weighted by atomic mass is 10.2. The lowest BCUT2D eigenvalue weighted by molar-refractivity contribution is -0.141. The van der Waals surface area contributed by atoms with Crippen LogP contribution in [0.4, 0.5) is 0 Å². The Hall–Kier alpha value is -1.69. The molecule has 1 heterocycles. The Bertz CT molecular complexity index is 486. The van der Waals surface area contributed by atoms with Gasteiger partial charge in [0.15, 0.2) is 17.5 Å². The standard InChI is InChI=1S/C11H11NO4S/c1-16-11(15)7-5-17-10(12-7)6-3-2-4-8(13)9(6)14/h2-4,7,13-14H,5H2,1H3. The van der Waals surface area contributed by atoms with E-state index in [0.29, 0.717) is 16.4 Å². The Morgan fingerprint density at radius 2 is 2.29 bits per heavy atom. The van der Waals surface area contributed by atoms with Crippen LogP contribution in [-0.2, 0) is 9.53 Å². The maximum Gasteiger partial charge on any atom is 0.331 e. The van der Waals surface area contributed by atoms with Crippen LogP contribution in [-0.4, -0.2) is 40.1 Å². The van der Waals surface area contributed by atoms with Gasteiger partial charge in [-0.1, -0.05) is 6.07 Å². The molecule has 1 aliphatic rings. The van der Waals surface area contributed by atoms with Crippen LogP contribution in [0.25, 0.3) is 0 Å². The molecule has 1 aromatic rings. The molecule has 0 spiro atoms. The summed E-state index contributed by atoms with van der Waals surface area (Å²) in [5.41, 5.74) is 0.432. The number of phenolic OH excluding ortho intramolecular Hbond substituents is 2. The van der Waals surface area contributed by atoms with E-state index < -0.39 is 12.0 Å². The van der Waals surface area contributed by atoms with Crippen molar-refractivity contribution in [3.05, 3.63) is 23.8 Å². The highest BCUT2D eigenvalue weighted by molar-refractivity contribution is 8.14. The number of thioether (sulfide) groups is 1. The van der Waals surface area contributed by atoms with Gasteiger partial charge in [-0.3, -0.25) is 4.99 Å². The largest absolute Gasteiger partial charge is 0.504 e. The quantitative estimate of drug-likeness (QED) is 0.610. The number of carbonyl (C=O) groups excluding carboxylic acids is 1. The number of aliphatic imine (C=N–C) groups is 1. The van der Waals surface area contributed by atoms with Crippen LogP contribution in [0.3, 0.4) is 0 Å². The zero-order valence-corrected chi connectivity index (χ0v) is 9.90. The highest BCUT2D eigenvalue weighted by Gasteiger charge is 2.27. The topological polar surface area (TPSA) is 79.1 Å². The normalized spacial score (nSPS) is 18.9. The molecule has 1 aromatic carbocycles. The van der Waals surface area contributed by atoms with Gasteiger partial charge in [0, 0.05) is 5.75 Å². The second kappa shape index (κ2) is 4.67. The summed E-state index contributed by atoms with van der Waals surface area (Å²) in [6.45, 7) is 0. The fourth-order valence-electron chi connectivity index (χ4n) is 1.48. The molecule has 1 unspecified atom stereocenters. The van der Waals surface area contributed by atoms with Crippen molar-refractivity contribution in [1.29, 1.82) is 0 Å². The molecule has 6 heteroatoms. The number of hydrogen-bond donors (Lipinski definition) is 2. The number of carbonyl (C=O) groups is 1. The summed E-state index contributed by atoms with van der Waals surface area (Å²) < 4.78 is 4.60. The summed E-state index contributed by atoms with van der Waals surface area (Å²) in [7, 11) is 1.31. The van der Waals surface area contributed by atoms with Crippen molar-refractivity contribution in [1.82, 2.24) is 0 Å². The minimum absolute atomic E-state index is 0.202. The van der Waals surface area contributed by atoms with E-state index >= 15 is 0 Å². The minimum Gasteiger partial charge on any atom is -0.504 e. The number of phenols is 2. The van der Waals surface area contributed by atoms with Gasteiger partial charge < -0.3 is 14.9 Å². The lowest BCUT2D eigenvalue weighted by Gasteiger charge is -2.04. The van der Waals surface area contributed by atoms with E-state index in [0.717, 1.165) is 0 Å². The van der Waals surface area contributed by atoms with Gasteiger partial charge in [0.2, 0.25) is 0 Å². The van der Waals surface area contributed by atoms with Gasteiger partial charge in [-0.15, -0.1) is 11.8 Å². The first-order valence-electron chi connectivity index (χ1n) is 4.93. The molecule has 0 saturated heterocycles. The van der Waals surface area contributed by atoms with Crippen LogP contribution in [0.1, 0.15) is 5.56 Å². The average molecular weight is 253 g/mol. The third kappa shape index (κ3) is 2.21. The van der Waals surface area contributed by atoms with Gasteiger partial charge in [-0.05, 0) is 12.1 Å². The molecule has 0 aliphatic carbocycles. The van der Waals surface area contributed by atoms with Crippen LogP contribution >= 0.6 is 11.8 Å². The van der Waals surface area contributed by atoms with E-state index in [1.54, 1.807) is 12.1 Å². The van der Waals surface area contributed by atoms with Gasteiger partial charge in [0.25, 0.3) is 0 Å². The van der Waals surface area contributed by atoms with Crippen molar-refractivity contribution >= 4 is 22.8 Å². The molecule has 0 bridgehead atoms. The van der Waals surface area contributed by atoms with Crippen LogP contribution in [0.2, 0.25) is 0 Å². The second-order valence-corrected chi connectivity index (χ2v) is 4.47. The highest BCUT2D eigenvalue weighted by Crippen LogP contribution is 2.34. The fraction of sp³-hybridized carbons (Fsp3) is 0.273. The van der Waals surface area contributed by atoms with Gasteiger partial charge in [-0.25, -0.2) is 4.79 Å². The molecule has 1 aliphatic heterocycles. The Balaban J connectivity index is 2.30. The number of hydrogen-bond acceptors (Lipinski definition) is 6. The molecule has 90 valence electrons. The van der Waals surface area contributed by atoms with Crippen molar-refractivity contribution in [2.24, 2.45) is 4.99 Å². The SMILES string of the molecule is COC(=O)C1CSC(c2cccc(O)c2O)=N1. The molecule has 2 N–H and O–H groups in total. The van der Waals surface area contributed by atoms with Crippen molar-refractivity contribution in [3.8, 4) is 11.5 Å². The molecule has 5 nitrogen and oxygen atoms in total. The van der Waals surface area contributed by atoms with Crippen LogP contribution in [0.15, 0.2) is 23.2 Å². The molecule has 0 aromatic heterocycles. The minimum atomic E-state index is -0.540. The van der Waals surface area contributed by atoms with E-state index in [9.17, 15) is 15.0 Å². The van der Waals surface area contributed by atoms with Gasteiger partial charge in [0.05, 0.1) is 12.7 Å².